The predicted molar refractivity (Wildman–Crippen MR) is 153 cm³/mol. The van der Waals surface area contributed by atoms with Gasteiger partial charge >= 0.3 is 0 Å². The van der Waals surface area contributed by atoms with Crippen LogP contribution in [0.3, 0.4) is 0 Å². The fourth-order valence-corrected chi connectivity index (χ4v) is 4.16. The summed E-state index contributed by atoms with van der Waals surface area (Å²) >= 11 is 0. The minimum Gasteiger partial charge on any atom is -0.456 e. The smallest absolute Gasteiger partial charge is 0.135 e. The Balaban J connectivity index is 1.60. The van der Waals surface area contributed by atoms with Crippen molar-refractivity contribution in [2.24, 2.45) is 0 Å². The van der Waals surface area contributed by atoms with Crippen LogP contribution in [0.2, 0.25) is 0 Å². The lowest BCUT2D eigenvalue weighted by molar-refractivity contribution is 0.669. The number of benzene rings is 5. The Morgan fingerprint density at radius 2 is 1.24 bits per heavy atom. The molecule has 0 unspecified atom stereocenters. The first kappa shape index (κ1) is 8.82. The Hall–Kier alpha value is -5.02. The molecule has 0 saturated heterocycles. The summed E-state index contributed by atoms with van der Waals surface area (Å²) in [6.07, 6.45) is -0.710. The lowest BCUT2D eigenvalue weighted by Gasteiger charge is -2.13. The van der Waals surface area contributed by atoms with E-state index < -0.39 is 176 Å². The standard InChI is InChI=1S/C34H20N2O/c1-2-8-26-25(7-1)24(23-14-18-32-29(20-23)28-9-3-4-10-31(28)37-32)15-16-27(26)30-17-13-22-12-11-21-6-5-19-35-33(21)34(22)36-30/h1-20H/i1D,2D,3D,4D,5D,6D,7D,8D,9D,10D,11D,12D,13D,14D,15D,16D,17D,18D,19D,20D. The molecule has 0 amide bonds. The molecule has 5 aromatic carbocycles. The molecule has 0 saturated carbocycles. The van der Waals surface area contributed by atoms with Crippen molar-refractivity contribution in [2.75, 3.05) is 0 Å². The summed E-state index contributed by atoms with van der Waals surface area (Å²) in [4.78, 5) is 8.44. The lowest BCUT2D eigenvalue weighted by atomic mass is 9.93. The van der Waals surface area contributed by atoms with Crippen molar-refractivity contribution in [3.63, 3.8) is 0 Å². The maximum Gasteiger partial charge on any atom is 0.135 e. The van der Waals surface area contributed by atoms with Crippen LogP contribution in [-0.4, -0.2) is 9.97 Å². The highest BCUT2D eigenvalue weighted by atomic mass is 16.3. The highest BCUT2D eigenvalue weighted by Crippen LogP contribution is 2.38. The lowest BCUT2D eigenvalue weighted by Crippen LogP contribution is -1.91. The summed E-state index contributed by atoms with van der Waals surface area (Å²) in [6, 6.07) is -14.2. The van der Waals surface area contributed by atoms with Gasteiger partial charge in [-0.15, -0.1) is 0 Å². The van der Waals surface area contributed by atoms with Gasteiger partial charge in [0.2, 0.25) is 0 Å². The quantitative estimate of drug-likeness (QED) is 0.226. The Bertz CT molecular complexity index is 3250. The number of pyridine rings is 2. The van der Waals surface area contributed by atoms with Crippen LogP contribution in [0, 0.1) is 0 Å². The molecule has 0 bridgehead atoms. The molecule has 3 nitrogen and oxygen atoms in total. The topological polar surface area (TPSA) is 38.9 Å². The normalized spacial score (nSPS) is 19.4. The van der Waals surface area contributed by atoms with Crippen LogP contribution in [0.1, 0.15) is 27.4 Å². The Morgan fingerprint density at radius 3 is 2.14 bits per heavy atom. The molecule has 0 spiro atoms. The van der Waals surface area contributed by atoms with E-state index in [1.165, 1.54) is 0 Å². The Morgan fingerprint density at radius 1 is 0.541 bits per heavy atom. The summed E-state index contributed by atoms with van der Waals surface area (Å²) in [7, 11) is 0. The van der Waals surface area contributed by atoms with E-state index in [1.54, 1.807) is 0 Å². The highest BCUT2D eigenvalue weighted by Gasteiger charge is 2.14. The molecule has 8 aromatic rings. The molecule has 3 heteroatoms. The minimum absolute atomic E-state index is 0.326. The monoisotopic (exact) mass is 492 g/mol. The van der Waals surface area contributed by atoms with Crippen molar-refractivity contribution in [2.45, 2.75) is 0 Å². The third-order valence-corrected chi connectivity index (χ3v) is 5.82. The van der Waals surface area contributed by atoms with Gasteiger partial charge in [-0.2, -0.15) is 0 Å². The number of fused-ring (bicyclic) bond motifs is 7. The third-order valence-electron chi connectivity index (χ3n) is 5.82. The van der Waals surface area contributed by atoms with Gasteiger partial charge in [-0.25, -0.2) is 4.98 Å². The fraction of sp³-hybridized carbons (Fsp3) is 0. The molecule has 3 aromatic heterocycles. The van der Waals surface area contributed by atoms with E-state index in [2.05, 4.69) is 9.97 Å². The summed E-state index contributed by atoms with van der Waals surface area (Å²) in [5, 5.41) is -2.59. The van der Waals surface area contributed by atoms with Crippen molar-refractivity contribution in [1.82, 2.24) is 9.97 Å². The zero-order valence-electron chi connectivity index (χ0n) is 38.3. The van der Waals surface area contributed by atoms with E-state index in [9.17, 15) is 4.11 Å². The van der Waals surface area contributed by atoms with Gasteiger partial charge < -0.3 is 4.42 Å². The van der Waals surface area contributed by atoms with E-state index in [0.29, 0.717) is 0 Å². The van der Waals surface area contributed by atoms with E-state index >= 15 is 0 Å². The molecule has 3 heterocycles. The number of nitrogens with zero attached hydrogens (tertiary/aromatic N) is 2. The summed E-state index contributed by atoms with van der Waals surface area (Å²) in [5.41, 5.74) is -4.12. The molecule has 0 aliphatic rings. The molecule has 172 valence electrons. The minimum atomic E-state index is -0.891. The Labute approximate surface area is 240 Å². The Kier molecular flexibility index (Phi) is 1.85. The van der Waals surface area contributed by atoms with Crippen LogP contribution in [0.25, 0.3) is 76.9 Å². The van der Waals surface area contributed by atoms with Crippen molar-refractivity contribution in [3.8, 4) is 22.4 Å². The molecule has 0 N–H and O–H groups in total. The fourth-order valence-electron chi connectivity index (χ4n) is 4.16. The van der Waals surface area contributed by atoms with Crippen LogP contribution < -0.4 is 0 Å². The van der Waals surface area contributed by atoms with Gasteiger partial charge in [0.05, 0.1) is 44.1 Å². The van der Waals surface area contributed by atoms with Gasteiger partial charge in [0, 0.05) is 33.3 Å². The maximum absolute atomic E-state index is 9.31. The van der Waals surface area contributed by atoms with Gasteiger partial charge in [-0.3, -0.25) is 4.98 Å². The van der Waals surface area contributed by atoms with Crippen LogP contribution in [0.5, 0.6) is 0 Å². The molecule has 0 aliphatic carbocycles. The number of furan rings is 1. The second-order valence-electron chi connectivity index (χ2n) is 7.89. The van der Waals surface area contributed by atoms with Gasteiger partial charge in [-0.1, -0.05) is 84.6 Å². The van der Waals surface area contributed by atoms with Crippen LogP contribution in [-0.2, 0) is 0 Å². The average Bonchev–Trinajstić information content (AvgIpc) is 3.59. The van der Waals surface area contributed by atoms with E-state index in [4.69, 9.17) is 27.7 Å². The van der Waals surface area contributed by atoms with Crippen LogP contribution in [0.4, 0.5) is 0 Å². The van der Waals surface area contributed by atoms with Gasteiger partial charge in [0.25, 0.3) is 0 Å². The van der Waals surface area contributed by atoms with E-state index in [1.807, 2.05) is 0 Å². The molecule has 8 rings (SSSR count). The van der Waals surface area contributed by atoms with Crippen molar-refractivity contribution in [3.05, 3.63) is 121 Å². The SMILES string of the molecule is [2H]c1nc2c(c([2H])c1[2H])c([2H])c([2H])c1c([2H])c([2H])c(-c3c([2H])c([2H])c(-c4c([2H])c([2H])c5oc6c([2H])c([2H])c([2H])c([2H])c6c5c4[2H])c4c([2H])c([2H])c([2H])c([2H])c34)nc12. The molecule has 37 heavy (non-hydrogen) atoms. The summed E-state index contributed by atoms with van der Waals surface area (Å²) < 4.78 is 179. The average molecular weight is 493 g/mol. The molecule has 0 radical (unpaired) electrons. The van der Waals surface area contributed by atoms with E-state index in [0.717, 1.165) is 0 Å². The predicted octanol–water partition coefficient (Wildman–Crippen LogP) is 9.17. The van der Waals surface area contributed by atoms with Crippen LogP contribution in [0.15, 0.2) is 125 Å². The van der Waals surface area contributed by atoms with Crippen molar-refractivity contribution in [1.29, 1.82) is 0 Å². The molecular formula is C34H20N2O. The number of hydrogen-bond acceptors (Lipinski definition) is 3. The van der Waals surface area contributed by atoms with Crippen molar-refractivity contribution >= 4 is 54.5 Å². The first-order chi connectivity index (χ1) is 26.7. The highest BCUT2D eigenvalue weighted by molar-refractivity contribution is 6.10. The summed E-state index contributed by atoms with van der Waals surface area (Å²) in [6.45, 7) is 0. The van der Waals surface area contributed by atoms with Gasteiger partial charge in [0.15, 0.2) is 0 Å². The second-order valence-corrected chi connectivity index (χ2v) is 7.89. The first-order valence-electron chi connectivity index (χ1n) is 20.8. The summed E-state index contributed by atoms with van der Waals surface area (Å²) in [5.74, 6) is 0. The zero-order valence-corrected chi connectivity index (χ0v) is 18.3. The largest absolute Gasteiger partial charge is 0.456 e. The van der Waals surface area contributed by atoms with E-state index in [-0.39, 0.29) is 21.7 Å². The second kappa shape index (κ2) is 7.74. The number of para-hydroxylation sites is 1. The molecular weight excluding hydrogens is 452 g/mol. The number of aromatic nitrogens is 2. The molecule has 0 atom stereocenters. The molecule has 0 fully saturated rings. The van der Waals surface area contributed by atoms with Crippen LogP contribution >= 0.6 is 0 Å². The molecule has 0 aliphatic heterocycles. The van der Waals surface area contributed by atoms with Gasteiger partial charge in [-0.05, 0) is 52.1 Å². The third kappa shape index (κ3) is 3.08. The maximum atomic E-state index is 9.31. The zero-order chi connectivity index (χ0) is 41.8. The number of hydrogen-bond donors (Lipinski definition) is 0. The number of rotatable bonds is 2. The van der Waals surface area contributed by atoms with Crippen molar-refractivity contribution < 1.29 is 31.8 Å². The first-order valence-corrected chi connectivity index (χ1v) is 10.8. The van der Waals surface area contributed by atoms with Gasteiger partial charge in [0.1, 0.15) is 11.2 Å².